The fraction of sp³-hybridized carbons (Fsp3) is 0.607. The lowest BCUT2D eigenvalue weighted by Gasteiger charge is -2.06. The van der Waals surface area contributed by atoms with Crippen molar-refractivity contribution in [3.8, 4) is 16.9 Å². The van der Waals surface area contributed by atoms with Crippen LogP contribution in [0.25, 0.3) is 11.1 Å². The molecule has 2 aromatic rings. The summed E-state index contributed by atoms with van der Waals surface area (Å²) < 4.78 is 5.62. The molecule has 1 saturated carbocycles. The second-order valence-electron chi connectivity index (χ2n) is 9.27. The summed E-state index contributed by atoms with van der Waals surface area (Å²) in [4.78, 5) is 21.4. The molecule has 0 saturated heterocycles. The molecular weight excluding hydrogens is 428 g/mol. The van der Waals surface area contributed by atoms with Crippen LogP contribution in [0.1, 0.15) is 90.9 Å². The number of ether oxygens (including phenoxy) is 1. The summed E-state index contributed by atoms with van der Waals surface area (Å²) in [6, 6.07) is 7.68. The van der Waals surface area contributed by atoms with Gasteiger partial charge in [-0.05, 0) is 42.9 Å². The Morgan fingerprint density at radius 1 is 0.879 bits per heavy atom. The van der Waals surface area contributed by atoms with Crippen molar-refractivity contribution in [2.75, 3.05) is 5.75 Å². The predicted molar refractivity (Wildman–Crippen MR) is 138 cm³/mol. The molecule has 33 heavy (non-hydrogen) atoms. The third kappa shape index (κ3) is 9.11. The van der Waals surface area contributed by atoms with E-state index in [1.54, 1.807) is 11.8 Å². The van der Waals surface area contributed by atoms with Gasteiger partial charge >= 0.3 is 5.97 Å². The van der Waals surface area contributed by atoms with Crippen LogP contribution in [0.15, 0.2) is 41.8 Å². The topological polar surface area (TPSA) is 52.1 Å². The van der Waals surface area contributed by atoms with Gasteiger partial charge in [-0.15, -0.1) is 0 Å². The van der Waals surface area contributed by atoms with Crippen LogP contribution in [0.3, 0.4) is 0 Å². The van der Waals surface area contributed by atoms with Crippen LogP contribution in [0, 0.1) is 11.8 Å². The highest BCUT2D eigenvalue weighted by Crippen LogP contribution is 2.43. The molecule has 0 N–H and O–H groups in total. The lowest BCUT2D eigenvalue weighted by molar-refractivity contribution is -0.136. The Balaban J connectivity index is 1.38. The van der Waals surface area contributed by atoms with Crippen LogP contribution in [0.4, 0.5) is 0 Å². The number of thioether (sulfide) groups is 1. The average Bonchev–Trinajstić information content (AvgIpc) is 3.62. The van der Waals surface area contributed by atoms with E-state index in [-0.39, 0.29) is 11.9 Å². The molecule has 1 fully saturated rings. The number of hydrogen-bond donors (Lipinski definition) is 0. The van der Waals surface area contributed by atoms with Crippen molar-refractivity contribution in [2.24, 2.45) is 11.8 Å². The van der Waals surface area contributed by atoms with Crippen LogP contribution >= 0.6 is 11.8 Å². The van der Waals surface area contributed by atoms with Crippen molar-refractivity contribution in [1.82, 2.24) is 9.97 Å². The molecule has 180 valence electrons. The zero-order chi connectivity index (χ0) is 23.3. The second-order valence-corrected chi connectivity index (χ2v) is 10.3. The van der Waals surface area contributed by atoms with Crippen molar-refractivity contribution >= 4 is 17.7 Å². The fourth-order valence-electron chi connectivity index (χ4n) is 4.18. The molecule has 1 aromatic heterocycles. The quantitative estimate of drug-likeness (QED) is 0.0818. The van der Waals surface area contributed by atoms with Gasteiger partial charge in [-0.1, -0.05) is 95.5 Å². The Morgan fingerprint density at radius 2 is 1.52 bits per heavy atom. The molecule has 0 amide bonds. The summed E-state index contributed by atoms with van der Waals surface area (Å²) in [5, 5.41) is 0.839. The van der Waals surface area contributed by atoms with Crippen LogP contribution in [-0.2, 0) is 4.79 Å². The first-order chi connectivity index (χ1) is 16.2. The highest BCUT2D eigenvalue weighted by atomic mass is 32.2. The molecule has 0 spiro atoms. The Kier molecular flexibility index (Phi) is 11.2. The highest BCUT2D eigenvalue weighted by molar-refractivity contribution is 7.99. The number of benzene rings is 1. The van der Waals surface area contributed by atoms with Gasteiger partial charge in [0.05, 0.1) is 5.92 Å². The molecule has 0 bridgehead atoms. The van der Waals surface area contributed by atoms with Crippen molar-refractivity contribution < 1.29 is 9.53 Å². The van der Waals surface area contributed by atoms with Gasteiger partial charge in [-0.25, -0.2) is 9.97 Å². The first-order valence-corrected chi connectivity index (χ1v) is 14.0. The van der Waals surface area contributed by atoms with E-state index < -0.39 is 0 Å². The number of aromatic nitrogens is 2. The summed E-state index contributed by atoms with van der Waals surface area (Å²) >= 11 is 1.73. The zero-order valence-electron chi connectivity index (χ0n) is 20.4. The number of hydrogen-bond acceptors (Lipinski definition) is 5. The number of carbonyl (C=O) groups is 1. The molecule has 1 aliphatic carbocycles. The minimum Gasteiger partial charge on any atom is -0.426 e. The van der Waals surface area contributed by atoms with Crippen molar-refractivity contribution in [1.29, 1.82) is 0 Å². The van der Waals surface area contributed by atoms with Crippen LogP contribution in [0.2, 0.25) is 0 Å². The summed E-state index contributed by atoms with van der Waals surface area (Å²) in [7, 11) is 0. The molecule has 1 aromatic carbocycles. The first-order valence-electron chi connectivity index (χ1n) is 13.0. The van der Waals surface area contributed by atoms with Gasteiger partial charge in [0.25, 0.3) is 0 Å². The summed E-state index contributed by atoms with van der Waals surface area (Å²) in [5.41, 5.74) is 2.01. The van der Waals surface area contributed by atoms with Gasteiger partial charge in [0.2, 0.25) is 0 Å². The van der Waals surface area contributed by atoms with Gasteiger partial charge < -0.3 is 4.74 Å². The number of carbonyl (C=O) groups excluding carboxylic acids is 1. The standard InChI is InChI=1S/C28H40N2O2S/c1-3-5-7-9-10-12-18-33-28-29-20-24(21-30-28)22-14-16-25(17-15-22)32-27(31)26-19-23(26)13-11-8-6-4-2/h14-17,20-21,23,26H,3-13,18-19H2,1-2H3. The van der Waals surface area contributed by atoms with Gasteiger partial charge in [-0.2, -0.15) is 0 Å². The SMILES string of the molecule is CCCCCCCCSc1ncc(-c2ccc(OC(=O)C3CC3CCCCCC)cc2)cn1. The monoisotopic (exact) mass is 468 g/mol. The Morgan fingerprint density at radius 3 is 2.21 bits per heavy atom. The normalized spacial score (nSPS) is 17.2. The van der Waals surface area contributed by atoms with Crippen molar-refractivity contribution in [3.05, 3.63) is 36.7 Å². The number of rotatable bonds is 16. The van der Waals surface area contributed by atoms with Crippen molar-refractivity contribution in [2.45, 2.75) is 96.1 Å². The van der Waals surface area contributed by atoms with Crippen LogP contribution < -0.4 is 4.74 Å². The predicted octanol–water partition coefficient (Wildman–Crippen LogP) is 8.11. The molecule has 4 nitrogen and oxygen atoms in total. The smallest absolute Gasteiger partial charge is 0.314 e. The van der Waals surface area contributed by atoms with E-state index >= 15 is 0 Å². The molecule has 1 heterocycles. The molecule has 1 aliphatic rings. The second kappa shape index (κ2) is 14.4. The largest absolute Gasteiger partial charge is 0.426 e. The third-order valence-corrected chi connectivity index (χ3v) is 7.38. The highest BCUT2D eigenvalue weighted by Gasteiger charge is 2.43. The minimum atomic E-state index is -0.0710. The zero-order valence-corrected chi connectivity index (χ0v) is 21.2. The number of nitrogens with zero attached hydrogens (tertiary/aromatic N) is 2. The summed E-state index contributed by atoms with van der Waals surface area (Å²) in [6.07, 6.45) is 18.8. The van der Waals surface area contributed by atoms with E-state index in [0.29, 0.717) is 11.7 Å². The summed E-state index contributed by atoms with van der Waals surface area (Å²) in [6.45, 7) is 4.47. The van der Waals surface area contributed by atoms with Crippen molar-refractivity contribution in [3.63, 3.8) is 0 Å². The average molecular weight is 469 g/mol. The Bertz CT molecular complexity index is 823. The number of esters is 1. The lowest BCUT2D eigenvalue weighted by Crippen LogP contribution is -2.11. The molecule has 2 unspecified atom stereocenters. The summed E-state index contributed by atoms with van der Waals surface area (Å²) in [5.74, 6) is 2.25. The Hall–Kier alpha value is -1.88. The minimum absolute atomic E-state index is 0.0710. The van der Waals surface area contributed by atoms with Gasteiger partial charge in [0.1, 0.15) is 5.75 Å². The first kappa shape index (κ1) is 25.7. The molecule has 2 atom stereocenters. The van der Waals surface area contributed by atoms with E-state index in [1.807, 2.05) is 36.7 Å². The van der Waals surface area contributed by atoms with E-state index in [4.69, 9.17) is 4.74 Å². The maximum Gasteiger partial charge on any atom is 0.314 e. The molecule has 0 radical (unpaired) electrons. The van der Waals surface area contributed by atoms with E-state index in [2.05, 4.69) is 23.8 Å². The van der Waals surface area contributed by atoms with Gasteiger partial charge in [0.15, 0.2) is 5.16 Å². The van der Waals surface area contributed by atoms with E-state index in [1.165, 1.54) is 64.2 Å². The molecule has 3 rings (SSSR count). The maximum atomic E-state index is 12.4. The van der Waals surface area contributed by atoms with Gasteiger partial charge in [0, 0.05) is 23.7 Å². The maximum absolute atomic E-state index is 12.4. The van der Waals surface area contributed by atoms with E-state index in [9.17, 15) is 4.79 Å². The molecule has 5 heteroatoms. The molecular formula is C28H40N2O2S. The lowest BCUT2D eigenvalue weighted by atomic mass is 10.1. The number of unbranched alkanes of at least 4 members (excludes halogenated alkanes) is 8. The molecule has 0 aliphatic heterocycles. The van der Waals surface area contributed by atoms with E-state index in [0.717, 1.165) is 34.9 Å². The third-order valence-electron chi connectivity index (χ3n) is 6.42. The Labute approximate surface area is 204 Å². The van der Waals surface area contributed by atoms with Crippen LogP contribution in [-0.4, -0.2) is 21.7 Å². The van der Waals surface area contributed by atoms with Gasteiger partial charge in [-0.3, -0.25) is 4.79 Å². The van der Waals surface area contributed by atoms with Crippen LogP contribution in [0.5, 0.6) is 5.75 Å². The fourth-order valence-corrected chi connectivity index (χ4v) is 4.97.